The molecule has 0 spiro atoms. The van der Waals surface area contributed by atoms with Gasteiger partial charge in [0.25, 0.3) is 0 Å². The van der Waals surface area contributed by atoms with E-state index in [-0.39, 0.29) is 18.1 Å². The smallest absolute Gasteiger partial charge is 0.221 e. The van der Waals surface area contributed by atoms with Crippen molar-refractivity contribution in [2.75, 3.05) is 6.61 Å². The van der Waals surface area contributed by atoms with Crippen LogP contribution in [0.25, 0.3) is 0 Å². The molecular weight excluding hydrogens is 262 g/mol. The molecule has 5 aliphatic carbocycles. The third-order valence-electron chi connectivity index (χ3n) is 6.97. The Kier molecular flexibility index (Phi) is 3.33. The van der Waals surface area contributed by atoms with Gasteiger partial charge in [0.1, 0.15) is 0 Å². The summed E-state index contributed by atoms with van der Waals surface area (Å²) in [6.07, 6.45) is 13.1. The van der Waals surface area contributed by atoms with Crippen LogP contribution in [0.5, 0.6) is 0 Å². The van der Waals surface area contributed by atoms with Crippen molar-refractivity contribution in [3.05, 3.63) is 0 Å². The van der Waals surface area contributed by atoms with E-state index in [1.165, 1.54) is 38.5 Å². The van der Waals surface area contributed by atoms with Crippen molar-refractivity contribution in [2.24, 2.45) is 23.2 Å². The first-order valence-electron chi connectivity index (χ1n) is 9.02. The molecule has 118 valence electrons. The summed E-state index contributed by atoms with van der Waals surface area (Å²) >= 11 is 0. The molecule has 3 nitrogen and oxygen atoms in total. The lowest BCUT2D eigenvalue weighted by molar-refractivity contribution is -0.131. The van der Waals surface area contributed by atoms with E-state index in [0.717, 1.165) is 49.9 Å². The molecule has 0 aromatic carbocycles. The molecule has 5 fully saturated rings. The third-order valence-corrected chi connectivity index (χ3v) is 6.97. The van der Waals surface area contributed by atoms with Crippen LogP contribution in [0.3, 0.4) is 0 Å². The van der Waals surface area contributed by atoms with Gasteiger partial charge in [-0.2, -0.15) is 0 Å². The van der Waals surface area contributed by atoms with Crippen LogP contribution < -0.4 is 5.32 Å². The Hall–Kier alpha value is -0.570. The number of amides is 1. The van der Waals surface area contributed by atoms with Crippen molar-refractivity contribution in [2.45, 2.75) is 76.2 Å². The summed E-state index contributed by atoms with van der Waals surface area (Å²) in [5.41, 5.74) is 0.0213. The second-order valence-electron chi connectivity index (χ2n) is 8.79. The van der Waals surface area contributed by atoms with Crippen molar-refractivity contribution in [3.8, 4) is 0 Å². The molecule has 0 aliphatic heterocycles. The fourth-order valence-corrected chi connectivity index (χ4v) is 6.56. The molecule has 4 bridgehead atoms. The zero-order valence-electron chi connectivity index (χ0n) is 13.1. The highest BCUT2D eigenvalue weighted by atomic mass is 16.3. The lowest BCUT2D eigenvalue weighted by atomic mass is 9.49. The molecule has 1 amide bonds. The first-order chi connectivity index (χ1) is 10.1. The zero-order valence-corrected chi connectivity index (χ0v) is 13.1. The van der Waals surface area contributed by atoms with Crippen molar-refractivity contribution in [1.82, 2.24) is 5.32 Å². The minimum absolute atomic E-state index is 0.111. The monoisotopic (exact) mass is 291 g/mol. The van der Waals surface area contributed by atoms with Gasteiger partial charge in [-0.3, -0.25) is 4.79 Å². The van der Waals surface area contributed by atoms with Crippen LogP contribution >= 0.6 is 0 Å². The predicted molar refractivity (Wildman–Crippen MR) is 81.6 cm³/mol. The van der Waals surface area contributed by atoms with Crippen molar-refractivity contribution in [3.63, 3.8) is 0 Å². The standard InChI is InChI=1S/C18H29NO2/c20-12-18(3-1-2-4-18)19-16(21)11-17-8-13-5-14(9-17)7-15(6-13)10-17/h13-15,20H,1-12H2,(H,19,21). The van der Waals surface area contributed by atoms with E-state index in [0.29, 0.717) is 5.41 Å². The molecular formula is C18H29NO2. The molecule has 0 heterocycles. The number of nitrogens with one attached hydrogen (secondary N) is 1. The molecule has 0 saturated heterocycles. The molecule has 0 aromatic rings. The lowest BCUT2D eigenvalue weighted by Crippen LogP contribution is -2.52. The summed E-state index contributed by atoms with van der Waals surface area (Å²) in [4.78, 5) is 12.6. The maximum absolute atomic E-state index is 12.6. The second-order valence-corrected chi connectivity index (χ2v) is 8.79. The Morgan fingerprint density at radius 1 is 1.00 bits per heavy atom. The summed E-state index contributed by atoms with van der Waals surface area (Å²) < 4.78 is 0. The van der Waals surface area contributed by atoms with Crippen LogP contribution in [0, 0.1) is 23.2 Å². The number of hydrogen-bond acceptors (Lipinski definition) is 2. The average Bonchev–Trinajstić information content (AvgIpc) is 2.85. The molecule has 0 atom stereocenters. The fraction of sp³-hybridized carbons (Fsp3) is 0.944. The summed E-state index contributed by atoms with van der Waals surface area (Å²) in [5, 5.41) is 12.9. The first-order valence-corrected chi connectivity index (χ1v) is 9.02. The number of carbonyl (C=O) groups is 1. The molecule has 0 aromatic heterocycles. The van der Waals surface area contributed by atoms with E-state index >= 15 is 0 Å². The van der Waals surface area contributed by atoms with Crippen LogP contribution in [0.1, 0.15) is 70.6 Å². The van der Waals surface area contributed by atoms with E-state index in [9.17, 15) is 9.90 Å². The number of rotatable bonds is 4. The molecule has 2 N–H and O–H groups in total. The normalized spacial score (nSPS) is 43.2. The molecule has 0 radical (unpaired) electrons. The summed E-state index contributed by atoms with van der Waals surface area (Å²) in [7, 11) is 0. The Morgan fingerprint density at radius 3 is 2.00 bits per heavy atom. The van der Waals surface area contributed by atoms with Crippen LogP contribution in [-0.4, -0.2) is 23.2 Å². The van der Waals surface area contributed by atoms with Crippen molar-refractivity contribution in [1.29, 1.82) is 0 Å². The molecule has 3 heteroatoms. The number of aliphatic hydroxyl groups excluding tert-OH is 1. The summed E-state index contributed by atoms with van der Waals surface area (Å²) in [5.74, 6) is 2.93. The molecule has 5 rings (SSSR count). The molecule has 5 aliphatic rings. The maximum atomic E-state index is 12.6. The highest BCUT2D eigenvalue weighted by molar-refractivity contribution is 5.77. The number of carbonyl (C=O) groups excluding carboxylic acids is 1. The van der Waals surface area contributed by atoms with Gasteiger partial charge in [-0.1, -0.05) is 12.8 Å². The predicted octanol–water partition coefficient (Wildman–Crippen LogP) is 3.01. The number of aliphatic hydroxyl groups is 1. The fourth-order valence-electron chi connectivity index (χ4n) is 6.56. The molecule has 21 heavy (non-hydrogen) atoms. The largest absolute Gasteiger partial charge is 0.394 e. The van der Waals surface area contributed by atoms with E-state index in [4.69, 9.17) is 0 Å². The lowest BCUT2D eigenvalue weighted by Gasteiger charge is -2.56. The summed E-state index contributed by atoms with van der Waals surface area (Å²) in [6.45, 7) is 0.111. The first kappa shape index (κ1) is 14.0. The quantitative estimate of drug-likeness (QED) is 0.836. The van der Waals surface area contributed by atoms with Gasteiger partial charge in [-0.15, -0.1) is 0 Å². The SMILES string of the molecule is O=C(CC12CC3CC(CC(C3)C1)C2)NC1(CO)CCCC1. The zero-order chi connectivity index (χ0) is 14.5. The second kappa shape index (κ2) is 4.97. The Labute approximate surface area is 127 Å². The maximum Gasteiger partial charge on any atom is 0.221 e. The van der Waals surface area contributed by atoms with Gasteiger partial charge in [0, 0.05) is 6.42 Å². The van der Waals surface area contributed by atoms with Gasteiger partial charge >= 0.3 is 0 Å². The third kappa shape index (κ3) is 2.52. The minimum Gasteiger partial charge on any atom is -0.394 e. The van der Waals surface area contributed by atoms with E-state index in [1.54, 1.807) is 0 Å². The van der Waals surface area contributed by atoms with Crippen molar-refractivity contribution < 1.29 is 9.90 Å². The minimum atomic E-state index is -0.292. The molecule has 5 saturated carbocycles. The van der Waals surface area contributed by atoms with Gasteiger partial charge in [0.2, 0.25) is 5.91 Å². The van der Waals surface area contributed by atoms with Gasteiger partial charge in [0.15, 0.2) is 0 Å². The highest BCUT2D eigenvalue weighted by Gasteiger charge is 2.51. The van der Waals surface area contributed by atoms with Crippen LogP contribution in [0.4, 0.5) is 0 Å². The van der Waals surface area contributed by atoms with Gasteiger partial charge in [-0.05, 0) is 74.5 Å². The average molecular weight is 291 g/mol. The van der Waals surface area contributed by atoms with E-state index < -0.39 is 0 Å². The van der Waals surface area contributed by atoms with Crippen LogP contribution in [-0.2, 0) is 4.79 Å². The van der Waals surface area contributed by atoms with Crippen molar-refractivity contribution >= 4 is 5.91 Å². The van der Waals surface area contributed by atoms with E-state index in [1.807, 2.05) is 0 Å². The van der Waals surface area contributed by atoms with Crippen LogP contribution in [0.2, 0.25) is 0 Å². The molecule has 0 unspecified atom stereocenters. The topological polar surface area (TPSA) is 49.3 Å². The van der Waals surface area contributed by atoms with Gasteiger partial charge in [-0.25, -0.2) is 0 Å². The highest BCUT2D eigenvalue weighted by Crippen LogP contribution is 2.61. The summed E-state index contributed by atoms with van der Waals surface area (Å²) in [6, 6.07) is 0. The van der Waals surface area contributed by atoms with E-state index in [2.05, 4.69) is 5.32 Å². The Balaban J connectivity index is 1.42. The Bertz CT molecular complexity index is 390. The van der Waals surface area contributed by atoms with Gasteiger partial charge < -0.3 is 10.4 Å². The van der Waals surface area contributed by atoms with Crippen LogP contribution in [0.15, 0.2) is 0 Å². The Morgan fingerprint density at radius 2 is 1.52 bits per heavy atom. The number of hydrogen-bond donors (Lipinski definition) is 2. The van der Waals surface area contributed by atoms with Gasteiger partial charge in [0.05, 0.1) is 12.1 Å².